The van der Waals surface area contributed by atoms with Gasteiger partial charge in [0.1, 0.15) is 11.3 Å². The molecule has 0 bridgehead atoms. The van der Waals surface area contributed by atoms with Crippen LogP contribution in [0.1, 0.15) is 9.75 Å². The Morgan fingerprint density at radius 1 is 1.11 bits per heavy atom. The highest BCUT2D eigenvalue weighted by atomic mass is 32.1. The summed E-state index contributed by atoms with van der Waals surface area (Å²) in [6.45, 7) is 2.90. The second-order valence-corrected chi connectivity index (χ2v) is 5.33. The van der Waals surface area contributed by atoms with E-state index in [2.05, 4.69) is 39.3 Å². The van der Waals surface area contributed by atoms with Crippen LogP contribution in [0.25, 0.3) is 11.2 Å². The first kappa shape index (κ1) is 11.1. The molecule has 3 aromatic heterocycles. The van der Waals surface area contributed by atoms with Crippen LogP contribution in [0.4, 0.5) is 5.82 Å². The van der Waals surface area contributed by atoms with Gasteiger partial charge < -0.3 is 5.32 Å². The van der Waals surface area contributed by atoms with Gasteiger partial charge in [0.05, 0.1) is 6.54 Å². The Kier molecular flexibility index (Phi) is 2.90. The molecule has 0 aromatic carbocycles. The molecule has 3 heterocycles. The lowest BCUT2D eigenvalue weighted by atomic mass is 10.4. The maximum absolute atomic E-state index is 4.42. The van der Waals surface area contributed by atoms with Crippen molar-refractivity contribution in [3.63, 3.8) is 0 Å². The molecule has 0 aliphatic heterocycles. The van der Waals surface area contributed by atoms with Crippen molar-refractivity contribution in [3.8, 4) is 0 Å². The third-order valence-corrected chi connectivity index (χ3v) is 3.57. The van der Waals surface area contributed by atoms with Gasteiger partial charge in [-0.3, -0.25) is 4.98 Å². The minimum atomic E-state index is 0.671. The van der Waals surface area contributed by atoms with E-state index in [0.29, 0.717) is 5.65 Å². The fraction of sp³-hybridized carbons (Fsp3) is 0.154. The van der Waals surface area contributed by atoms with Crippen molar-refractivity contribution in [2.45, 2.75) is 13.5 Å². The monoisotopic (exact) mass is 256 g/mol. The van der Waals surface area contributed by atoms with Gasteiger partial charge in [-0.2, -0.15) is 0 Å². The molecule has 1 N–H and O–H groups in total. The maximum Gasteiger partial charge on any atom is 0.180 e. The molecular weight excluding hydrogens is 244 g/mol. The van der Waals surface area contributed by atoms with Crippen molar-refractivity contribution in [3.05, 3.63) is 46.4 Å². The smallest absolute Gasteiger partial charge is 0.180 e. The van der Waals surface area contributed by atoms with Crippen molar-refractivity contribution in [2.24, 2.45) is 0 Å². The highest BCUT2D eigenvalue weighted by Crippen LogP contribution is 2.17. The molecule has 0 saturated carbocycles. The number of aromatic nitrogens is 3. The number of hydrogen-bond donors (Lipinski definition) is 1. The molecule has 4 nitrogen and oxygen atoms in total. The Morgan fingerprint density at radius 3 is 2.83 bits per heavy atom. The van der Waals surface area contributed by atoms with Gasteiger partial charge in [0.2, 0.25) is 0 Å². The third-order valence-electron chi connectivity index (χ3n) is 2.57. The highest BCUT2D eigenvalue weighted by molar-refractivity contribution is 7.11. The second kappa shape index (κ2) is 4.70. The van der Waals surface area contributed by atoms with E-state index in [4.69, 9.17) is 0 Å². The zero-order valence-electron chi connectivity index (χ0n) is 9.92. The van der Waals surface area contributed by atoms with E-state index in [-0.39, 0.29) is 0 Å². The topological polar surface area (TPSA) is 50.7 Å². The normalized spacial score (nSPS) is 10.7. The summed E-state index contributed by atoms with van der Waals surface area (Å²) in [5, 5.41) is 3.30. The zero-order valence-corrected chi connectivity index (χ0v) is 10.7. The number of pyridine rings is 1. The molecule has 0 atom stereocenters. The van der Waals surface area contributed by atoms with E-state index in [9.17, 15) is 0 Å². The molecule has 0 spiro atoms. The van der Waals surface area contributed by atoms with Crippen molar-refractivity contribution in [2.75, 3.05) is 5.32 Å². The van der Waals surface area contributed by atoms with E-state index >= 15 is 0 Å². The van der Waals surface area contributed by atoms with Crippen LogP contribution < -0.4 is 5.32 Å². The number of thiophene rings is 1. The summed E-state index contributed by atoms with van der Waals surface area (Å²) < 4.78 is 0. The van der Waals surface area contributed by atoms with E-state index in [1.165, 1.54) is 9.75 Å². The Balaban J connectivity index is 1.78. The number of anilines is 1. The molecule has 0 aliphatic carbocycles. The Labute approximate surface area is 109 Å². The summed E-state index contributed by atoms with van der Waals surface area (Å²) in [6.07, 6.45) is 3.33. The summed E-state index contributed by atoms with van der Waals surface area (Å²) in [6, 6.07) is 8.11. The van der Waals surface area contributed by atoms with Gasteiger partial charge in [0.25, 0.3) is 0 Å². The van der Waals surface area contributed by atoms with Crippen LogP contribution in [0.15, 0.2) is 36.7 Å². The Morgan fingerprint density at radius 2 is 2.00 bits per heavy atom. The standard InChI is InChI=1S/C13H12N4S/c1-9-2-3-10(18-9)8-16-12-5-4-11-13(17-12)15-7-6-14-11/h2-7H,8H2,1H3,(H,15,16,17). The quantitative estimate of drug-likeness (QED) is 0.782. The molecular formula is C13H12N4S. The first-order chi connectivity index (χ1) is 8.81. The minimum Gasteiger partial charge on any atom is -0.365 e. The lowest BCUT2D eigenvalue weighted by Gasteiger charge is -2.04. The Bertz CT molecular complexity index is 677. The predicted octanol–water partition coefficient (Wildman–Crippen LogP) is 3.01. The Hall–Kier alpha value is -2.01. The molecule has 18 heavy (non-hydrogen) atoms. The molecule has 3 rings (SSSR count). The summed E-state index contributed by atoms with van der Waals surface area (Å²) in [5.74, 6) is 0.828. The molecule has 0 radical (unpaired) electrons. The van der Waals surface area contributed by atoms with Crippen LogP contribution in [-0.4, -0.2) is 15.0 Å². The average molecular weight is 256 g/mol. The predicted molar refractivity (Wildman–Crippen MR) is 73.7 cm³/mol. The highest BCUT2D eigenvalue weighted by Gasteiger charge is 2.01. The molecule has 5 heteroatoms. The fourth-order valence-electron chi connectivity index (χ4n) is 1.71. The van der Waals surface area contributed by atoms with Crippen molar-refractivity contribution in [1.29, 1.82) is 0 Å². The van der Waals surface area contributed by atoms with Crippen LogP contribution in [0.2, 0.25) is 0 Å². The van der Waals surface area contributed by atoms with Crippen LogP contribution in [0.3, 0.4) is 0 Å². The first-order valence-electron chi connectivity index (χ1n) is 5.68. The van der Waals surface area contributed by atoms with Gasteiger partial charge in [-0.1, -0.05) is 0 Å². The van der Waals surface area contributed by atoms with Gasteiger partial charge in [0.15, 0.2) is 5.65 Å². The lowest BCUT2D eigenvalue weighted by Crippen LogP contribution is -2.00. The van der Waals surface area contributed by atoms with Gasteiger partial charge in [-0.15, -0.1) is 11.3 Å². The number of nitrogens with one attached hydrogen (secondary N) is 1. The molecule has 0 fully saturated rings. The molecule has 3 aromatic rings. The van der Waals surface area contributed by atoms with Crippen molar-refractivity contribution >= 4 is 28.3 Å². The molecule has 90 valence electrons. The zero-order chi connectivity index (χ0) is 12.4. The van der Waals surface area contributed by atoms with E-state index < -0.39 is 0 Å². The van der Waals surface area contributed by atoms with Crippen LogP contribution in [-0.2, 0) is 6.54 Å². The van der Waals surface area contributed by atoms with Crippen LogP contribution in [0, 0.1) is 6.92 Å². The molecule has 0 aliphatic rings. The van der Waals surface area contributed by atoms with E-state index in [1.54, 1.807) is 23.7 Å². The summed E-state index contributed by atoms with van der Waals surface area (Å²) >= 11 is 1.79. The van der Waals surface area contributed by atoms with Crippen molar-refractivity contribution < 1.29 is 0 Å². The SMILES string of the molecule is Cc1ccc(CNc2ccc3nccnc3n2)s1. The lowest BCUT2D eigenvalue weighted by molar-refractivity contribution is 1.14. The maximum atomic E-state index is 4.42. The summed E-state index contributed by atoms with van der Waals surface area (Å²) in [7, 11) is 0. The number of hydrogen-bond acceptors (Lipinski definition) is 5. The minimum absolute atomic E-state index is 0.671. The number of nitrogens with zero attached hydrogens (tertiary/aromatic N) is 3. The van der Waals surface area contributed by atoms with Gasteiger partial charge in [0, 0.05) is 22.1 Å². The second-order valence-electron chi connectivity index (χ2n) is 3.96. The van der Waals surface area contributed by atoms with Crippen LogP contribution in [0.5, 0.6) is 0 Å². The summed E-state index contributed by atoms with van der Waals surface area (Å²) in [4.78, 5) is 15.4. The van der Waals surface area contributed by atoms with Crippen molar-refractivity contribution in [1.82, 2.24) is 15.0 Å². The number of fused-ring (bicyclic) bond motifs is 1. The summed E-state index contributed by atoms with van der Waals surface area (Å²) in [5.41, 5.74) is 1.49. The molecule has 0 unspecified atom stereocenters. The number of aryl methyl sites for hydroxylation is 1. The largest absolute Gasteiger partial charge is 0.365 e. The third kappa shape index (κ3) is 2.31. The fourth-order valence-corrected chi connectivity index (χ4v) is 2.54. The van der Waals surface area contributed by atoms with Gasteiger partial charge in [-0.05, 0) is 31.2 Å². The van der Waals surface area contributed by atoms with Crippen LogP contribution >= 0.6 is 11.3 Å². The van der Waals surface area contributed by atoms with E-state index in [0.717, 1.165) is 17.9 Å². The van der Waals surface area contributed by atoms with Gasteiger partial charge >= 0.3 is 0 Å². The molecule has 0 saturated heterocycles. The first-order valence-corrected chi connectivity index (χ1v) is 6.50. The van der Waals surface area contributed by atoms with Gasteiger partial charge in [-0.25, -0.2) is 9.97 Å². The molecule has 0 amide bonds. The number of rotatable bonds is 3. The van der Waals surface area contributed by atoms with E-state index in [1.807, 2.05) is 12.1 Å². The average Bonchev–Trinajstić information content (AvgIpc) is 2.82.